The number of hydrogen-bond donors (Lipinski definition) is 0. The predicted molar refractivity (Wildman–Crippen MR) is 58.9 cm³/mol. The van der Waals surface area contributed by atoms with Gasteiger partial charge in [-0.05, 0) is 24.5 Å². The monoisotopic (exact) mass is 240 g/mol. The van der Waals surface area contributed by atoms with Crippen molar-refractivity contribution in [3.8, 4) is 0 Å². The second-order valence-electron chi connectivity index (χ2n) is 3.25. The van der Waals surface area contributed by atoms with Crippen LogP contribution in [0, 0.1) is 5.92 Å². The van der Waals surface area contributed by atoms with Gasteiger partial charge in [-0.15, -0.1) is 0 Å². The number of halogens is 1. The molecule has 13 heavy (non-hydrogen) atoms. The number of allylic oxidation sites excluding steroid dienone is 6. The van der Waals surface area contributed by atoms with Gasteiger partial charge >= 0.3 is 0 Å². The Hall–Kier alpha value is -0.630. The summed E-state index contributed by atoms with van der Waals surface area (Å²) in [5.74, 6) is 0.526. The van der Waals surface area contributed by atoms with Gasteiger partial charge in [-0.3, -0.25) is 4.79 Å². The molecular weight excluding hydrogens is 228 g/mol. The fourth-order valence-electron chi connectivity index (χ4n) is 1.25. The smallest absolute Gasteiger partial charge is 0.159 e. The van der Waals surface area contributed by atoms with Gasteiger partial charge in [-0.25, -0.2) is 0 Å². The molecule has 1 aliphatic carbocycles. The van der Waals surface area contributed by atoms with E-state index in [0.29, 0.717) is 5.92 Å². The van der Waals surface area contributed by atoms with Gasteiger partial charge in [0.1, 0.15) is 0 Å². The highest BCUT2D eigenvalue weighted by Gasteiger charge is 2.06. The highest BCUT2D eigenvalue weighted by molar-refractivity contribution is 9.09. The number of ketones is 1. The van der Waals surface area contributed by atoms with Crippen LogP contribution >= 0.6 is 15.9 Å². The third-order valence-electron chi connectivity index (χ3n) is 1.96. The SMILES string of the molecule is CC(=O)C1=CC(CBr)=CC(C)C=C1. The van der Waals surface area contributed by atoms with Crippen molar-refractivity contribution in [1.82, 2.24) is 0 Å². The van der Waals surface area contributed by atoms with E-state index in [0.717, 1.165) is 10.9 Å². The minimum atomic E-state index is 0.122. The van der Waals surface area contributed by atoms with Crippen LogP contribution in [0.15, 0.2) is 35.5 Å². The van der Waals surface area contributed by atoms with E-state index in [1.165, 1.54) is 5.57 Å². The fraction of sp³-hybridized carbons (Fsp3) is 0.364. The Morgan fingerprint density at radius 2 is 2.31 bits per heavy atom. The molecule has 0 aromatic rings. The lowest BCUT2D eigenvalue weighted by Crippen LogP contribution is -1.93. The van der Waals surface area contributed by atoms with Crippen LogP contribution < -0.4 is 0 Å². The van der Waals surface area contributed by atoms with Crippen molar-refractivity contribution in [3.05, 3.63) is 35.5 Å². The Labute approximate surface area is 87.3 Å². The van der Waals surface area contributed by atoms with Crippen LogP contribution in [0.4, 0.5) is 0 Å². The van der Waals surface area contributed by atoms with Crippen LogP contribution in [0.1, 0.15) is 13.8 Å². The summed E-state index contributed by atoms with van der Waals surface area (Å²) >= 11 is 3.40. The molecule has 0 N–H and O–H groups in total. The van der Waals surface area contributed by atoms with E-state index < -0.39 is 0 Å². The second-order valence-corrected chi connectivity index (χ2v) is 3.81. The van der Waals surface area contributed by atoms with Crippen molar-refractivity contribution < 1.29 is 4.79 Å². The Balaban J connectivity index is 2.99. The van der Waals surface area contributed by atoms with E-state index in [2.05, 4.69) is 28.9 Å². The Kier molecular flexibility index (Phi) is 3.67. The zero-order chi connectivity index (χ0) is 9.84. The van der Waals surface area contributed by atoms with Crippen molar-refractivity contribution in [3.63, 3.8) is 0 Å². The molecule has 0 aromatic carbocycles. The molecule has 0 radical (unpaired) electrons. The third-order valence-corrected chi connectivity index (χ3v) is 2.61. The summed E-state index contributed by atoms with van der Waals surface area (Å²) < 4.78 is 0. The van der Waals surface area contributed by atoms with Crippen molar-refractivity contribution in [2.24, 2.45) is 5.92 Å². The first-order valence-electron chi connectivity index (χ1n) is 4.31. The van der Waals surface area contributed by atoms with Gasteiger partial charge in [-0.1, -0.05) is 41.1 Å². The zero-order valence-electron chi connectivity index (χ0n) is 7.88. The normalized spacial score (nSPS) is 21.9. The van der Waals surface area contributed by atoms with Gasteiger partial charge in [0.15, 0.2) is 5.78 Å². The minimum Gasteiger partial charge on any atom is -0.295 e. The highest BCUT2D eigenvalue weighted by atomic mass is 79.9. The summed E-state index contributed by atoms with van der Waals surface area (Å²) in [7, 11) is 0. The Morgan fingerprint density at radius 1 is 1.62 bits per heavy atom. The molecular formula is C11H13BrO. The molecule has 0 fully saturated rings. The van der Waals surface area contributed by atoms with Gasteiger partial charge in [0, 0.05) is 10.9 Å². The summed E-state index contributed by atoms with van der Waals surface area (Å²) in [6.07, 6.45) is 8.04. The molecule has 0 spiro atoms. The van der Waals surface area contributed by atoms with Crippen molar-refractivity contribution in [1.29, 1.82) is 0 Å². The number of alkyl halides is 1. The first-order chi connectivity index (χ1) is 6.13. The topological polar surface area (TPSA) is 17.1 Å². The lowest BCUT2D eigenvalue weighted by molar-refractivity contribution is -0.113. The summed E-state index contributed by atoms with van der Waals surface area (Å²) in [5.41, 5.74) is 1.96. The lowest BCUT2D eigenvalue weighted by Gasteiger charge is -1.98. The van der Waals surface area contributed by atoms with Crippen molar-refractivity contribution in [2.75, 3.05) is 5.33 Å². The van der Waals surface area contributed by atoms with E-state index in [1.54, 1.807) is 6.92 Å². The van der Waals surface area contributed by atoms with E-state index in [4.69, 9.17) is 0 Å². The highest BCUT2D eigenvalue weighted by Crippen LogP contribution is 2.17. The van der Waals surface area contributed by atoms with Crippen LogP contribution in [-0.2, 0) is 4.79 Å². The summed E-state index contributed by atoms with van der Waals surface area (Å²) in [6, 6.07) is 0. The van der Waals surface area contributed by atoms with Crippen LogP contribution in [-0.4, -0.2) is 11.1 Å². The fourth-order valence-corrected chi connectivity index (χ4v) is 1.60. The average molecular weight is 241 g/mol. The summed E-state index contributed by atoms with van der Waals surface area (Å²) in [5, 5.41) is 0.801. The van der Waals surface area contributed by atoms with Gasteiger partial charge < -0.3 is 0 Å². The van der Waals surface area contributed by atoms with E-state index in [9.17, 15) is 4.79 Å². The molecule has 0 saturated heterocycles. The molecule has 1 atom stereocenters. The van der Waals surface area contributed by atoms with E-state index >= 15 is 0 Å². The number of Topliss-reactive ketones (excluding diaryl/α,β-unsaturated/α-hetero) is 1. The first-order valence-corrected chi connectivity index (χ1v) is 5.43. The third kappa shape index (κ3) is 2.96. The zero-order valence-corrected chi connectivity index (χ0v) is 9.47. The summed E-state index contributed by atoms with van der Waals surface area (Å²) in [4.78, 5) is 11.2. The van der Waals surface area contributed by atoms with E-state index in [-0.39, 0.29) is 5.78 Å². The van der Waals surface area contributed by atoms with Gasteiger partial charge in [0.05, 0.1) is 0 Å². The molecule has 0 heterocycles. The van der Waals surface area contributed by atoms with Gasteiger partial charge in [-0.2, -0.15) is 0 Å². The first kappa shape index (κ1) is 10.5. The molecule has 70 valence electrons. The van der Waals surface area contributed by atoms with Crippen LogP contribution in [0.3, 0.4) is 0 Å². The van der Waals surface area contributed by atoms with Crippen molar-refractivity contribution in [2.45, 2.75) is 13.8 Å². The lowest BCUT2D eigenvalue weighted by atomic mass is 10.1. The second kappa shape index (κ2) is 4.56. The Bertz CT molecular complexity index is 297. The van der Waals surface area contributed by atoms with Gasteiger partial charge in [0.2, 0.25) is 0 Å². The molecule has 1 rings (SSSR count). The predicted octanol–water partition coefficient (Wildman–Crippen LogP) is 3.03. The molecule has 0 aromatic heterocycles. The number of carbonyl (C=O) groups excluding carboxylic acids is 1. The van der Waals surface area contributed by atoms with Crippen LogP contribution in [0.2, 0.25) is 0 Å². The number of carbonyl (C=O) groups is 1. The maximum Gasteiger partial charge on any atom is 0.159 e. The van der Waals surface area contributed by atoms with E-state index in [1.807, 2.05) is 18.2 Å². The maximum absolute atomic E-state index is 11.2. The molecule has 2 heteroatoms. The maximum atomic E-state index is 11.2. The Morgan fingerprint density at radius 3 is 2.85 bits per heavy atom. The molecule has 0 aliphatic heterocycles. The van der Waals surface area contributed by atoms with Gasteiger partial charge in [0.25, 0.3) is 0 Å². The largest absolute Gasteiger partial charge is 0.295 e. The molecule has 1 unspecified atom stereocenters. The average Bonchev–Trinajstić information content (AvgIpc) is 2.26. The molecule has 0 amide bonds. The van der Waals surface area contributed by atoms with Crippen molar-refractivity contribution >= 4 is 21.7 Å². The van der Waals surface area contributed by atoms with Crippen LogP contribution in [0.5, 0.6) is 0 Å². The quantitative estimate of drug-likeness (QED) is 0.679. The summed E-state index contributed by atoms with van der Waals surface area (Å²) in [6.45, 7) is 3.70. The molecule has 0 bridgehead atoms. The number of hydrogen-bond acceptors (Lipinski definition) is 1. The standard InChI is InChI=1S/C11H13BrO/c1-8-3-4-11(9(2)13)6-10(5-8)7-12/h3-6,8H,7H2,1-2H3. The molecule has 1 nitrogen and oxygen atoms in total. The molecule has 0 saturated carbocycles. The molecule has 1 aliphatic rings. The minimum absolute atomic E-state index is 0.122. The van der Waals surface area contributed by atoms with Crippen LogP contribution in [0.25, 0.3) is 0 Å². The number of rotatable bonds is 2.